The second-order valence-electron chi connectivity index (χ2n) is 7.65. The van der Waals surface area contributed by atoms with Crippen molar-refractivity contribution in [3.63, 3.8) is 0 Å². The van der Waals surface area contributed by atoms with E-state index in [9.17, 15) is 14.7 Å². The number of carboxylic acid groups (broad SMARTS) is 1. The molecular formula is C24H23NO7. The molecule has 8 heteroatoms. The normalized spacial score (nSPS) is 14.4. The number of aliphatic carboxylic acids is 1. The molecule has 0 aliphatic carbocycles. The van der Waals surface area contributed by atoms with Gasteiger partial charge in [0, 0.05) is 13.1 Å². The number of likely N-dealkylation sites (tertiary alicyclic amines) is 1. The zero-order valence-electron chi connectivity index (χ0n) is 17.7. The second-order valence-corrected chi connectivity index (χ2v) is 7.65. The van der Waals surface area contributed by atoms with Gasteiger partial charge in [-0.05, 0) is 59.3 Å². The molecule has 1 heterocycles. The maximum atomic E-state index is 12.4. The predicted molar refractivity (Wildman–Crippen MR) is 117 cm³/mol. The van der Waals surface area contributed by atoms with Crippen LogP contribution in [-0.4, -0.2) is 56.0 Å². The molecule has 1 saturated heterocycles. The first-order valence-corrected chi connectivity index (χ1v) is 9.97. The Morgan fingerprint density at radius 2 is 1.38 bits per heavy atom. The number of nitrogens with zero attached hydrogens (tertiary/aromatic N) is 1. The van der Waals surface area contributed by atoms with Crippen LogP contribution in [0.5, 0.6) is 23.0 Å². The first kappa shape index (κ1) is 21.3. The predicted octanol–water partition coefficient (Wildman–Crippen LogP) is 3.82. The molecule has 1 amide bonds. The van der Waals surface area contributed by atoms with Gasteiger partial charge in [0.05, 0.1) is 14.2 Å². The van der Waals surface area contributed by atoms with Crippen molar-refractivity contribution in [2.24, 2.45) is 5.41 Å². The minimum absolute atomic E-state index is 0.00208. The molecular weight excluding hydrogens is 414 g/mol. The number of benzene rings is 3. The van der Waals surface area contributed by atoms with Crippen LogP contribution in [0.1, 0.15) is 0 Å². The minimum Gasteiger partial charge on any atom is -0.497 e. The number of amides is 1. The van der Waals surface area contributed by atoms with Crippen molar-refractivity contribution in [1.29, 1.82) is 0 Å². The van der Waals surface area contributed by atoms with Crippen LogP contribution in [0.15, 0.2) is 60.7 Å². The van der Waals surface area contributed by atoms with Crippen LogP contribution in [-0.2, 0) is 4.79 Å². The van der Waals surface area contributed by atoms with Crippen molar-refractivity contribution in [2.75, 3.05) is 33.9 Å². The number of ether oxygens (including phenoxy) is 4. The summed E-state index contributed by atoms with van der Waals surface area (Å²) < 4.78 is 21.4. The number of hydrogen-bond acceptors (Lipinski definition) is 6. The largest absolute Gasteiger partial charge is 0.497 e. The van der Waals surface area contributed by atoms with Gasteiger partial charge in [0.25, 0.3) is 0 Å². The Kier molecular flexibility index (Phi) is 5.77. The Balaban J connectivity index is 1.37. The molecule has 166 valence electrons. The van der Waals surface area contributed by atoms with E-state index >= 15 is 0 Å². The molecule has 32 heavy (non-hydrogen) atoms. The summed E-state index contributed by atoms with van der Waals surface area (Å²) in [5, 5.41) is 11.7. The summed E-state index contributed by atoms with van der Waals surface area (Å²) in [5.74, 6) is 1.29. The molecule has 1 aliphatic rings. The highest BCUT2D eigenvalue weighted by molar-refractivity contribution is 5.85. The maximum Gasteiger partial charge on any atom is 0.415 e. The van der Waals surface area contributed by atoms with Gasteiger partial charge in [-0.25, -0.2) is 4.79 Å². The van der Waals surface area contributed by atoms with Crippen LogP contribution in [0.2, 0.25) is 0 Å². The third kappa shape index (κ3) is 4.25. The lowest BCUT2D eigenvalue weighted by molar-refractivity contribution is -0.161. The molecule has 1 fully saturated rings. The van der Waals surface area contributed by atoms with Gasteiger partial charge in [-0.15, -0.1) is 0 Å². The molecule has 1 aliphatic heterocycles. The summed E-state index contributed by atoms with van der Waals surface area (Å²) in [4.78, 5) is 25.6. The first-order valence-electron chi connectivity index (χ1n) is 9.97. The highest BCUT2D eigenvalue weighted by Crippen LogP contribution is 2.33. The fourth-order valence-electron chi connectivity index (χ4n) is 3.55. The maximum absolute atomic E-state index is 12.4. The third-order valence-corrected chi connectivity index (χ3v) is 5.50. The number of rotatable bonds is 7. The fourth-order valence-corrected chi connectivity index (χ4v) is 3.55. The Hall–Kier alpha value is -3.94. The van der Waals surface area contributed by atoms with Gasteiger partial charge in [0.1, 0.15) is 35.0 Å². The van der Waals surface area contributed by atoms with E-state index in [0.717, 1.165) is 16.5 Å². The van der Waals surface area contributed by atoms with E-state index in [4.69, 9.17) is 18.9 Å². The van der Waals surface area contributed by atoms with Crippen LogP contribution in [0.3, 0.4) is 0 Å². The topological polar surface area (TPSA) is 94.5 Å². The Morgan fingerprint density at radius 3 is 1.97 bits per heavy atom. The van der Waals surface area contributed by atoms with E-state index in [1.807, 2.05) is 30.3 Å². The summed E-state index contributed by atoms with van der Waals surface area (Å²) in [6.45, 7) is -0.0550. The summed E-state index contributed by atoms with van der Waals surface area (Å²) in [6.07, 6.45) is -0.605. The van der Waals surface area contributed by atoms with E-state index in [2.05, 4.69) is 0 Å². The quantitative estimate of drug-likeness (QED) is 0.600. The average molecular weight is 437 g/mol. The lowest BCUT2D eigenvalue weighted by atomic mass is 9.81. The Bertz CT molecular complexity index is 1140. The van der Waals surface area contributed by atoms with Crippen molar-refractivity contribution >= 4 is 22.8 Å². The second kappa shape index (κ2) is 8.66. The highest BCUT2D eigenvalue weighted by atomic mass is 16.6. The molecule has 4 rings (SSSR count). The van der Waals surface area contributed by atoms with Crippen molar-refractivity contribution in [3.05, 3.63) is 60.7 Å². The molecule has 0 atom stereocenters. The monoisotopic (exact) mass is 437 g/mol. The lowest BCUT2D eigenvalue weighted by Gasteiger charge is -2.45. The van der Waals surface area contributed by atoms with Crippen LogP contribution in [0.25, 0.3) is 10.8 Å². The summed E-state index contributed by atoms with van der Waals surface area (Å²) in [5.41, 5.74) is -1.19. The fraction of sp³-hybridized carbons (Fsp3) is 0.250. The Morgan fingerprint density at radius 1 is 0.844 bits per heavy atom. The van der Waals surface area contributed by atoms with E-state index < -0.39 is 17.5 Å². The molecule has 1 N–H and O–H groups in total. The smallest absolute Gasteiger partial charge is 0.415 e. The molecule has 0 spiro atoms. The molecule has 8 nitrogen and oxygen atoms in total. The zero-order valence-corrected chi connectivity index (χ0v) is 17.7. The van der Waals surface area contributed by atoms with E-state index in [0.29, 0.717) is 17.2 Å². The van der Waals surface area contributed by atoms with Gasteiger partial charge < -0.3 is 29.0 Å². The summed E-state index contributed by atoms with van der Waals surface area (Å²) in [6, 6.07) is 17.8. The Labute approximate surface area is 184 Å². The average Bonchev–Trinajstić information content (AvgIpc) is 2.78. The van der Waals surface area contributed by atoms with E-state index in [1.165, 1.54) is 4.90 Å². The van der Waals surface area contributed by atoms with Gasteiger partial charge >= 0.3 is 12.1 Å². The van der Waals surface area contributed by atoms with Crippen molar-refractivity contribution < 1.29 is 33.6 Å². The number of carbonyl (C=O) groups excluding carboxylic acids is 1. The molecule has 3 aromatic rings. The number of hydrogen-bond donors (Lipinski definition) is 1. The third-order valence-electron chi connectivity index (χ3n) is 5.50. The molecule has 0 bridgehead atoms. The van der Waals surface area contributed by atoms with Gasteiger partial charge in [-0.3, -0.25) is 4.79 Å². The number of carbonyl (C=O) groups is 2. The molecule has 3 aromatic carbocycles. The molecule has 0 saturated carbocycles. The number of fused-ring (bicyclic) bond motifs is 1. The van der Waals surface area contributed by atoms with E-state index in [-0.39, 0.29) is 19.7 Å². The van der Waals surface area contributed by atoms with Crippen molar-refractivity contribution in [2.45, 2.75) is 0 Å². The van der Waals surface area contributed by atoms with E-state index in [1.54, 1.807) is 44.6 Å². The van der Waals surface area contributed by atoms with Crippen LogP contribution >= 0.6 is 0 Å². The minimum atomic E-state index is -1.19. The van der Waals surface area contributed by atoms with Gasteiger partial charge in [0.2, 0.25) is 0 Å². The standard InChI is InChI=1S/C24H23NO7/c1-29-18-7-9-19(10-8-18)32-23(28)25-13-24(14-25,22(26)27)15-31-21-6-4-16-11-20(30-2)5-3-17(16)12-21/h3-12H,13-15H2,1-2H3,(H,26,27). The lowest BCUT2D eigenvalue weighted by Crippen LogP contribution is -2.65. The number of methoxy groups -OCH3 is 2. The van der Waals surface area contributed by atoms with Crippen LogP contribution < -0.4 is 18.9 Å². The van der Waals surface area contributed by atoms with Crippen molar-refractivity contribution in [1.82, 2.24) is 4.90 Å². The summed E-state index contributed by atoms with van der Waals surface area (Å²) >= 11 is 0. The molecule has 0 aromatic heterocycles. The first-order chi connectivity index (χ1) is 15.4. The zero-order chi connectivity index (χ0) is 22.7. The highest BCUT2D eigenvalue weighted by Gasteiger charge is 2.53. The van der Waals surface area contributed by atoms with Crippen LogP contribution in [0, 0.1) is 5.41 Å². The van der Waals surface area contributed by atoms with Gasteiger partial charge in [-0.2, -0.15) is 0 Å². The van der Waals surface area contributed by atoms with Gasteiger partial charge in [0.15, 0.2) is 0 Å². The van der Waals surface area contributed by atoms with Gasteiger partial charge in [-0.1, -0.05) is 12.1 Å². The summed E-state index contributed by atoms with van der Waals surface area (Å²) in [7, 11) is 3.16. The SMILES string of the molecule is COc1ccc(OC(=O)N2CC(COc3ccc4cc(OC)ccc4c3)(C(=O)O)C2)cc1. The van der Waals surface area contributed by atoms with Crippen molar-refractivity contribution in [3.8, 4) is 23.0 Å². The molecule has 0 radical (unpaired) electrons. The number of carboxylic acids is 1. The molecule has 0 unspecified atom stereocenters. The van der Waals surface area contributed by atoms with Crippen LogP contribution in [0.4, 0.5) is 4.79 Å².